The summed E-state index contributed by atoms with van der Waals surface area (Å²) in [7, 11) is 0. The van der Waals surface area contributed by atoms with E-state index in [2.05, 4.69) is 5.32 Å². The Bertz CT molecular complexity index is 751. The molecular weight excluding hydrogens is 353 g/mol. The van der Waals surface area contributed by atoms with Crippen molar-refractivity contribution in [1.82, 2.24) is 5.32 Å². The highest BCUT2D eigenvalue weighted by Gasteiger charge is 2.24. The van der Waals surface area contributed by atoms with Crippen molar-refractivity contribution in [1.29, 1.82) is 0 Å². The van der Waals surface area contributed by atoms with Crippen LogP contribution in [-0.4, -0.2) is 24.1 Å². The van der Waals surface area contributed by atoms with Crippen LogP contribution < -0.4 is 5.32 Å². The topological polar surface area (TPSA) is 81.7 Å². The van der Waals surface area contributed by atoms with Gasteiger partial charge in [-0.2, -0.15) is 4.39 Å². The zero-order valence-electron chi connectivity index (χ0n) is 14.6. The first-order chi connectivity index (χ1) is 13.0. The summed E-state index contributed by atoms with van der Waals surface area (Å²) in [5.41, 5.74) is 1.53. The van der Waals surface area contributed by atoms with E-state index in [9.17, 15) is 18.8 Å². The Hall–Kier alpha value is -3.22. The van der Waals surface area contributed by atoms with E-state index in [4.69, 9.17) is 9.47 Å². The van der Waals surface area contributed by atoms with Crippen molar-refractivity contribution in [3.8, 4) is 0 Å². The number of alkyl carbamates (subject to hydrolysis) is 1. The van der Waals surface area contributed by atoms with Crippen LogP contribution in [0.5, 0.6) is 0 Å². The van der Waals surface area contributed by atoms with Crippen molar-refractivity contribution >= 4 is 18.1 Å². The van der Waals surface area contributed by atoms with Gasteiger partial charge in [-0.05, 0) is 17.5 Å². The minimum absolute atomic E-state index is 0.000484. The van der Waals surface area contributed by atoms with Gasteiger partial charge in [-0.15, -0.1) is 0 Å². The van der Waals surface area contributed by atoms with Crippen molar-refractivity contribution < 1.29 is 28.2 Å². The average Bonchev–Trinajstić information content (AvgIpc) is 2.69. The van der Waals surface area contributed by atoms with E-state index in [0.29, 0.717) is 0 Å². The molecule has 0 saturated heterocycles. The van der Waals surface area contributed by atoms with Crippen LogP contribution in [0.15, 0.2) is 60.7 Å². The Labute approximate surface area is 156 Å². The Morgan fingerprint density at radius 1 is 0.852 bits per heavy atom. The number of carbonyl (C=O) groups is 3. The molecule has 0 spiro atoms. The number of esters is 1. The van der Waals surface area contributed by atoms with Crippen LogP contribution in [0.2, 0.25) is 0 Å². The fourth-order valence-corrected chi connectivity index (χ4v) is 2.24. The highest BCUT2D eigenvalue weighted by atomic mass is 19.1. The molecule has 1 N–H and O–H groups in total. The first kappa shape index (κ1) is 20.1. The summed E-state index contributed by atoms with van der Waals surface area (Å²) in [5, 5.41) is 2.32. The van der Waals surface area contributed by atoms with E-state index < -0.39 is 30.6 Å². The zero-order valence-corrected chi connectivity index (χ0v) is 14.6. The summed E-state index contributed by atoms with van der Waals surface area (Å²) in [6, 6.07) is 15.2. The van der Waals surface area contributed by atoms with E-state index in [0.717, 1.165) is 11.1 Å². The maximum Gasteiger partial charge on any atom is 0.408 e. The summed E-state index contributed by atoms with van der Waals surface area (Å²) in [4.78, 5) is 34.7. The van der Waals surface area contributed by atoms with Crippen LogP contribution in [0, 0.1) is 0 Å². The number of nitrogens with one attached hydrogen (secondary N) is 1. The molecule has 2 rings (SSSR count). The Balaban J connectivity index is 1.88. The first-order valence-corrected chi connectivity index (χ1v) is 8.40. The molecule has 0 fully saturated rings. The Morgan fingerprint density at radius 3 is 1.89 bits per heavy atom. The van der Waals surface area contributed by atoms with Crippen LogP contribution in [0.25, 0.3) is 0 Å². The quantitative estimate of drug-likeness (QED) is 0.539. The molecule has 1 amide bonds. The Kier molecular flexibility index (Phi) is 7.96. The van der Waals surface area contributed by atoms with Crippen molar-refractivity contribution in [2.45, 2.75) is 32.1 Å². The lowest BCUT2D eigenvalue weighted by molar-refractivity contribution is -0.147. The first-order valence-electron chi connectivity index (χ1n) is 8.40. The fraction of sp³-hybridized carbons (Fsp3) is 0.250. The van der Waals surface area contributed by atoms with Crippen LogP contribution >= 0.6 is 0 Å². The average molecular weight is 373 g/mol. The summed E-state index contributed by atoms with van der Waals surface area (Å²) < 4.78 is 22.7. The van der Waals surface area contributed by atoms with Gasteiger partial charge in [0.05, 0.1) is 0 Å². The number of carbonyl (C=O) groups excluding carboxylic acids is 3. The van der Waals surface area contributed by atoms with Crippen LogP contribution in [-0.2, 0) is 32.3 Å². The van der Waals surface area contributed by atoms with Gasteiger partial charge in [0, 0.05) is 6.42 Å². The van der Waals surface area contributed by atoms with Gasteiger partial charge >= 0.3 is 18.1 Å². The van der Waals surface area contributed by atoms with E-state index in [-0.39, 0.29) is 19.6 Å². The maximum absolute atomic E-state index is 12.5. The molecule has 6 nitrogen and oxygen atoms in total. The molecule has 1 atom stereocenters. The molecule has 0 aliphatic rings. The molecule has 0 aromatic heterocycles. The molecular formula is C20H20FNO5. The molecule has 2 aromatic rings. The van der Waals surface area contributed by atoms with Crippen molar-refractivity contribution in [3.05, 3.63) is 71.8 Å². The number of hydrogen-bond acceptors (Lipinski definition) is 5. The fourth-order valence-electron chi connectivity index (χ4n) is 2.24. The van der Waals surface area contributed by atoms with Gasteiger partial charge in [0.1, 0.15) is 19.3 Å². The highest BCUT2D eigenvalue weighted by molar-refractivity contribution is 5.82. The standard InChI is InChI=1S/C20H20FNO5/c21-18(23)12-11-17(19(24)26-13-15-7-3-1-4-8-15)22-20(25)27-14-16-9-5-2-6-10-16/h1-10,17H,11-14H2,(H,22,25)/t17-/m0/s1. The summed E-state index contributed by atoms with van der Waals surface area (Å²) in [6.45, 7) is 0.0149. The highest BCUT2D eigenvalue weighted by Crippen LogP contribution is 2.07. The predicted molar refractivity (Wildman–Crippen MR) is 95.1 cm³/mol. The minimum Gasteiger partial charge on any atom is -0.459 e. The summed E-state index contributed by atoms with van der Waals surface area (Å²) in [6.07, 6.45) is -1.58. The normalized spacial score (nSPS) is 11.3. The zero-order chi connectivity index (χ0) is 19.5. The largest absolute Gasteiger partial charge is 0.459 e. The van der Waals surface area contributed by atoms with Crippen molar-refractivity contribution in [2.75, 3.05) is 0 Å². The predicted octanol–water partition coefficient (Wildman–Crippen LogP) is 3.30. The summed E-state index contributed by atoms with van der Waals surface area (Å²) in [5.74, 6) is -0.767. The SMILES string of the molecule is O=C(F)CC[C@H](NC(=O)OCc1ccccc1)C(=O)OCc1ccccc1. The lowest BCUT2D eigenvalue weighted by Crippen LogP contribution is -2.42. The number of hydrogen-bond donors (Lipinski definition) is 1. The van der Waals surface area contributed by atoms with Gasteiger partial charge in [-0.3, -0.25) is 4.79 Å². The van der Waals surface area contributed by atoms with E-state index in [1.807, 2.05) is 12.1 Å². The molecule has 27 heavy (non-hydrogen) atoms. The second-order valence-corrected chi connectivity index (χ2v) is 5.75. The lowest BCUT2D eigenvalue weighted by Gasteiger charge is -2.17. The summed E-state index contributed by atoms with van der Waals surface area (Å²) >= 11 is 0. The molecule has 0 bridgehead atoms. The molecule has 0 heterocycles. The molecule has 0 unspecified atom stereocenters. The van der Waals surface area contributed by atoms with Crippen LogP contribution in [0.1, 0.15) is 24.0 Å². The van der Waals surface area contributed by atoms with Crippen LogP contribution in [0.4, 0.5) is 9.18 Å². The van der Waals surface area contributed by atoms with Gasteiger partial charge in [0.25, 0.3) is 0 Å². The third-order valence-electron chi connectivity index (χ3n) is 3.64. The molecule has 0 radical (unpaired) electrons. The van der Waals surface area contributed by atoms with Gasteiger partial charge in [-0.1, -0.05) is 60.7 Å². The number of amides is 1. The minimum atomic E-state index is -1.57. The monoisotopic (exact) mass is 373 g/mol. The lowest BCUT2D eigenvalue weighted by atomic mass is 10.1. The van der Waals surface area contributed by atoms with Crippen molar-refractivity contribution in [2.24, 2.45) is 0 Å². The van der Waals surface area contributed by atoms with Gasteiger partial charge < -0.3 is 14.8 Å². The van der Waals surface area contributed by atoms with Gasteiger partial charge in [-0.25, -0.2) is 9.59 Å². The molecule has 2 aromatic carbocycles. The smallest absolute Gasteiger partial charge is 0.408 e. The number of ether oxygens (including phenoxy) is 2. The van der Waals surface area contributed by atoms with E-state index >= 15 is 0 Å². The maximum atomic E-state index is 12.5. The molecule has 0 aliphatic heterocycles. The number of halogens is 1. The Morgan fingerprint density at radius 2 is 1.37 bits per heavy atom. The number of rotatable bonds is 9. The van der Waals surface area contributed by atoms with Gasteiger partial charge in [0.15, 0.2) is 0 Å². The number of benzene rings is 2. The van der Waals surface area contributed by atoms with Crippen molar-refractivity contribution in [3.63, 3.8) is 0 Å². The van der Waals surface area contributed by atoms with Gasteiger partial charge in [0.2, 0.25) is 0 Å². The second-order valence-electron chi connectivity index (χ2n) is 5.75. The molecule has 7 heteroatoms. The second kappa shape index (κ2) is 10.7. The van der Waals surface area contributed by atoms with E-state index in [1.54, 1.807) is 48.5 Å². The molecule has 142 valence electrons. The van der Waals surface area contributed by atoms with E-state index in [1.165, 1.54) is 0 Å². The molecule has 0 aliphatic carbocycles. The van der Waals surface area contributed by atoms with Crippen LogP contribution in [0.3, 0.4) is 0 Å². The third-order valence-corrected chi connectivity index (χ3v) is 3.64. The molecule has 0 saturated carbocycles. The third kappa shape index (κ3) is 7.68.